The zero-order chi connectivity index (χ0) is 6.85. The maximum Gasteiger partial charge on any atom is 0.116 e. The van der Waals surface area contributed by atoms with Gasteiger partial charge in [0.05, 0.1) is 0 Å². The van der Waals surface area contributed by atoms with Gasteiger partial charge in [0.25, 0.3) is 0 Å². The minimum Gasteiger partial charge on any atom is -0.325 e. The van der Waals surface area contributed by atoms with Crippen molar-refractivity contribution >= 4 is 15.9 Å². The SMILES string of the molecule is N[C@H]1CC[C@@H](Br)C[C@@H]1F. The second kappa shape index (κ2) is 2.97. The monoisotopic (exact) mass is 195 g/mol. The lowest BCUT2D eigenvalue weighted by atomic mass is 9.94. The maximum atomic E-state index is 12.7. The van der Waals surface area contributed by atoms with Crippen LogP contribution in [0, 0.1) is 0 Å². The second-order valence-electron chi connectivity index (χ2n) is 2.59. The molecule has 2 N–H and O–H groups in total. The minimum absolute atomic E-state index is 0.209. The molecule has 1 aliphatic rings. The first-order chi connectivity index (χ1) is 4.20. The van der Waals surface area contributed by atoms with Crippen molar-refractivity contribution in [1.82, 2.24) is 0 Å². The fourth-order valence-electron chi connectivity index (χ4n) is 1.09. The Morgan fingerprint density at radius 1 is 1.44 bits per heavy atom. The van der Waals surface area contributed by atoms with Crippen LogP contribution in [-0.4, -0.2) is 17.0 Å². The summed E-state index contributed by atoms with van der Waals surface area (Å²) in [5.74, 6) is 0. The van der Waals surface area contributed by atoms with Gasteiger partial charge in [0.15, 0.2) is 0 Å². The molecule has 0 aromatic heterocycles. The Hall–Kier alpha value is 0.370. The summed E-state index contributed by atoms with van der Waals surface area (Å²) in [6.07, 6.45) is 1.63. The lowest BCUT2D eigenvalue weighted by molar-refractivity contribution is 0.224. The van der Waals surface area contributed by atoms with E-state index in [1.54, 1.807) is 0 Å². The van der Waals surface area contributed by atoms with Crippen LogP contribution in [0.25, 0.3) is 0 Å². The first-order valence-corrected chi connectivity index (χ1v) is 4.15. The molecule has 0 unspecified atom stereocenters. The molecule has 3 atom stereocenters. The molecule has 1 fully saturated rings. The predicted molar refractivity (Wildman–Crippen MR) is 39.4 cm³/mol. The van der Waals surface area contributed by atoms with Gasteiger partial charge in [-0.3, -0.25) is 0 Å². The van der Waals surface area contributed by atoms with E-state index in [0.717, 1.165) is 12.8 Å². The number of halogens is 2. The summed E-state index contributed by atoms with van der Waals surface area (Å²) >= 11 is 3.36. The van der Waals surface area contributed by atoms with Crippen molar-refractivity contribution in [2.24, 2.45) is 5.73 Å². The van der Waals surface area contributed by atoms with Crippen LogP contribution in [0.15, 0.2) is 0 Å². The van der Waals surface area contributed by atoms with Gasteiger partial charge in [0.2, 0.25) is 0 Å². The Labute approximate surface area is 62.9 Å². The summed E-state index contributed by atoms with van der Waals surface area (Å²) in [6, 6.07) is -0.209. The van der Waals surface area contributed by atoms with E-state index in [0.29, 0.717) is 11.2 Å². The van der Waals surface area contributed by atoms with E-state index in [2.05, 4.69) is 15.9 Å². The molecular formula is C6H11BrFN. The first kappa shape index (κ1) is 7.48. The Balaban J connectivity index is 2.35. The zero-order valence-corrected chi connectivity index (χ0v) is 6.77. The van der Waals surface area contributed by atoms with Gasteiger partial charge in [-0.1, -0.05) is 15.9 Å². The third-order valence-electron chi connectivity index (χ3n) is 1.76. The van der Waals surface area contributed by atoms with Crippen molar-refractivity contribution in [3.63, 3.8) is 0 Å². The number of alkyl halides is 2. The van der Waals surface area contributed by atoms with Crippen molar-refractivity contribution in [1.29, 1.82) is 0 Å². The average Bonchev–Trinajstić information content (AvgIpc) is 1.80. The zero-order valence-electron chi connectivity index (χ0n) is 5.19. The molecule has 1 nitrogen and oxygen atoms in total. The Morgan fingerprint density at radius 3 is 2.56 bits per heavy atom. The van der Waals surface area contributed by atoms with Crippen LogP contribution in [0.1, 0.15) is 19.3 Å². The molecule has 0 bridgehead atoms. The standard InChI is InChI=1S/C6H11BrFN/c7-4-1-2-6(9)5(8)3-4/h4-6H,1-3,9H2/t4-,5+,6+/m1/s1. The molecule has 9 heavy (non-hydrogen) atoms. The van der Waals surface area contributed by atoms with Crippen molar-refractivity contribution in [2.45, 2.75) is 36.3 Å². The van der Waals surface area contributed by atoms with Crippen LogP contribution in [0.3, 0.4) is 0 Å². The highest BCUT2D eigenvalue weighted by molar-refractivity contribution is 9.09. The van der Waals surface area contributed by atoms with E-state index in [1.807, 2.05) is 0 Å². The molecular weight excluding hydrogens is 185 g/mol. The number of hydrogen-bond acceptors (Lipinski definition) is 1. The summed E-state index contributed by atoms with van der Waals surface area (Å²) in [6.45, 7) is 0. The third kappa shape index (κ3) is 1.90. The highest BCUT2D eigenvalue weighted by atomic mass is 79.9. The van der Waals surface area contributed by atoms with Crippen molar-refractivity contribution < 1.29 is 4.39 Å². The van der Waals surface area contributed by atoms with Crippen molar-refractivity contribution in [3.05, 3.63) is 0 Å². The second-order valence-corrected chi connectivity index (χ2v) is 3.89. The molecule has 0 radical (unpaired) electrons. The molecule has 1 aliphatic carbocycles. The summed E-state index contributed by atoms with van der Waals surface area (Å²) in [5.41, 5.74) is 5.44. The summed E-state index contributed by atoms with van der Waals surface area (Å²) < 4.78 is 12.7. The lowest BCUT2D eigenvalue weighted by Crippen LogP contribution is -2.37. The highest BCUT2D eigenvalue weighted by Gasteiger charge is 2.25. The van der Waals surface area contributed by atoms with Gasteiger partial charge in [-0.15, -0.1) is 0 Å². The molecule has 54 valence electrons. The molecule has 1 saturated carbocycles. The predicted octanol–water partition coefficient (Wildman–Crippen LogP) is 1.60. The van der Waals surface area contributed by atoms with Gasteiger partial charge in [-0.05, 0) is 19.3 Å². The van der Waals surface area contributed by atoms with Gasteiger partial charge >= 0.3 is 0 Å². The fourth-order valence-corrected chi connectivity index (χ4v) is 1.71. The molecule has 0 aromatic rings. The van der Waals surface area contributed by atoms with Crippen LogP contribution >= 0.6 is 15.9 Å². The summed E-state index contributed by atoms with van der Waals surface area (Å²) in [7, 11) is 0. The fraction of sp³-hybridized carbons (Fsp3) is 1.00. The molecule has 1 rings (SSSR count). The molecule has 0 amide bonds. The Morgan fingerprint density at radius 2 is 2.11 bits per heavy atom. The third-order valence-corrected chi connectivity index (χ3v) is 2.59. The topological polar surface area (TPSA) is 26.0 Å². The van der Waals surface area contributed by atoms with E-state index in [1.165, 1.54) is 0 Å². The minimum atomic E-state index is -0.789. The van der Waals surface area contributed by atoms with Crippen LogP contribution in [-0.2, 0) is 0 Å². The molecule has 0 saturated heterocycles. The van der Waals surface area contributed by atoms with Crippen LogP contribution in [0.4, 0.5) is 4.39 Å². The number of hydrogen-bond donors (Lipinski definition) is 1. The van der Waals surface area contributed by atoms with Gasteiger partial charge in [0, 0.05) is 10.9 Å². The summed E-state index contributed by atoms with van der Waals surface area (Å²) in [4.78, 5) is 0.354. The molecule has 0 spiro atoms. The van der Waals surface area contributed by atoms with Crippen molar-refractivity contribution in [3.8, 4) is 0 Å². The normalized spacial score (nSPS) is 45.0. The van der Waals surface area contributed by atoms with Crippen molar-refractivity contribution in [2.75, 3.05) is 0 Å². The molecule has 0 aromatic carbocycles. The van der Waals surface area contributed by atoms with Crippen LogP contribution in [0.5, 0.6) is 0 Å². The Kier molecular flexibility index (Phi) is 2.47. The van der Waals surface area contributed by atoms with E-state index < -0.39 is 6.17 Å². The number of nitrogens with two attached hydrogens (primary N) is 1. The van der Waals surface area contributed by atoms with Crippen LogP contribution in [0.2, 0.25) is 0 Å². The van der Waals surface area contributed by atoms with Gasteiger partial charge in [0.1, 0.15) is 6.17 Å². The van der Waals surface area contributed by atoms with E-state index in [9.17, 15) is 4.39 Å². The average molecular weight is 196 g/mol. The van der Waals surface area contributed by atoms with E-state index >= 15 is 0 Å². The molecule has 3 heteroatoms. The summed E-state index contributed by atoms with van der Waals surface area (Å²) in [5, 5.41) is 0. The number of rotatable bonds is 0. The largest absolute Gasteiger partial charge is 0.325 e. The molecule has 0 heterocycles. The highest BCUT2D eigenvalue weighted by Crippen LogP contribution is 2.25. The Bertz CT molecular complexity index is 99.1. The van der Waals surface area contributed by atoms with E-state index in [-0.39, 0.29) is 6.04 Å². The van der Waals surface area contributed by atoms with Crippen LogP contribution < -0.4 is 5.73 Å². The maximum absolute atomic E-state index is 12.7. The van der Waals surface area contributed by atoms with Gasteiger partial charge < -0.3 is 5.73 Å². The molecule has 0 aliphatic heterocycles. The first-order valence-electron chi connectivity index (χ1n) is 3.24. The van der Waals surface area contributed by atoms with Gasteiger partial charge in [-0.2, -0.15) is 0 Å². The quantitative estimate of drug-likeness (QED) is 0.585. The lowest BCUT2D eigenvalue weighted by Gasteiger charge is -2.25. The van der Waals surface area contributed by atoms with Gasteiger partial charge in [-0.25, -0.2) is 4.39 Å². The smallest absolute Gasteiger partial charge is 0.116 e. The van der Waals surface area contributed by atoms with E-state index in [4.69, 9.17) is 5.73 Å².